The lowest BCUT2D eigenvalue weighted by atomic mass is 9.92. The molecule has 1 aromatic carbocycles. The molecule has 5 heteroatoms. The fourth-order valence-electron chi connectivity index (χ4n) is 2.72. The Morgan fingerprint density at radius 2 is 1.85 bits per heavy atom. The van der Waals surface area contributed by atoms with Crippen molar-refractivity contribution in [1.82, 2.24) is 4.90 Å². The summed E-state index contributed by atoms with van der Waals surface area (Å²) >= 11 is 0. The van der Waals surface area contributed by atoms with Crippen LogP contribution < -0.4 is 5.73 Å². The third kappa shape index (κ3) is 3.08. The Hall–Kier alpha value is -1.65. The molecule has 110 valence electrons. The van der Waals surface area contributed by atoms with Crippen LogP contribution in [0.2, 0.25) is 0 Å². The lowest BCUT2D eigenvalue weighted by Gasteiger charge is -2.32. The van der Waals surface area contributed by atoms with Crippen molar-refractivity contribution < 1.29 is 13.6 Å². The molecule has 0 unspecified atom stereocenters. The van der Waals surface area contributed by atoms with E-state index in [1.165, 1.54) is 6.42 Å². The molecule has 20 heavy (non-hydrogen) atoms. The second-order valence-corrected chi connectivity index (χ2v) is 5.38. The number of hydrogen-bond acceptors (Lipinski definition) is 2. The van der Waals surface area contributed by atoms with Crippen LogP contribution in [-0.2, 0) is 0 Å². The molecule has 0 spiro atoms. The molecule has 0 aliphatic carbocycles. The molecule has 1 aromatic rings. The molecular weight excluding hydrogens is 262 g/mol. The van der Waals surface area contributed by atoms with Crippen LogP contribution in [0.3, 0.4) is 0 Å². The maximum atomic E-state index is 13.4. The Kier molecular flexibility index (Phi) is 4.57. The van der Waals surface area contributed by atoms with Crippen LogP contribution in [0.25, 0.3) is 0 Å². The van der Waals surface area contributed by atoms with Gasteiger partial charge in [0, 0.05) is 18.7 Å². The number of carbonyl (C=O) groups excluding carboxylic acids is 1. The van der Waals surface area contributed by atoms with Crippen molar-refractivity contribution in [2.24, 2.45) is 5.92 Å². The summed E-state index contributed by atoms with van der Waals surface area (Å²) in [5.74, 6) is -1.43. The average molecular weight is 282 g/mol. The first-order valence-electron chi connectivity index (χ1n) is 7.06. The number of rotatable bonds is 3. The Labute approximate surface area is 117 Å². The highest BCUT2D eigenvalue weighted by Gasteiger charge is 2.24. The Bertz CT molecular complexity index is 474. The zero-order valence-corrected chi connectivity index (χ0v) is 11.7. The van der Waals surface area contributed by atoms with Gasteiger partial charge in [0.05, 0.1) is 0 Å². The molecular formula is C15H20F2N2O. The van der Waals surface area contributed by atoms with E-state index in [0.717, 1.165) is 31.4 Å². The van der Waals surface area contributed by atoms with Crippen molar-refractivity contribution in [1.29, 1.82) is 0 Å². The van der Waals surface area contributed by atoms with Gasteiger partial charge in [0.25, 0.3) is 5.91 Å². The van der Waals surface area contributed by atoms with Gasteiger partial charge >= 0.3 is 0 Å². The molecule has 0 aromatic heterocycles. The first kappa shape index (κ1) is 14.8. The maximum Gasteiger partial charge on any atom is 0.254 e. The molecule has 3 nitrogen and oxygen atoms in total. The van der Waals surface area contributed by atoms with Gasteiger partial charge in [0.15, 0.2) is 0 Å². The summed E-state index contributed by atoms with van der Waals surface area (Å²) in [5.41, 5.74) is 4.70. The van der Waals surface area contributed by atoms with E-state index in [-0.39, 0.29) is 11.5 Å². The number of amides is 1. The summed E-state index contributed by atoms with van der Waals surface area (Å²) in [7, 11) is 0. The van der Waals surface area contributed by atoms with Crippen LogP contribution in [0.4, 0.5) is 14.5 Å². The summed E-state index contributed by atoms with van der Waals surface area (Å²) in [6.07, 6.45) is 4.24. The van der Waals surface area contributed by atoms with Crippen LogP contribution in [0, 0.1) is 17.6 Å². The van der Waals surface area contributed by atoms with Gasteiger partial charge in [0.2, 0.25) is 0 Å². The molecule has 1 amide bonds. The number of likely N-dealkylation sites (tertiary alicyclic amines) is 1. The van der Waals surface area contributed by atoms with Crippen LogP contribution >= 0.6 is 0 Å². The second-order valence-electron chi connectivity index (χ2n) is 5.38. The fourth-order valence-corrected chi connectivity index (χ4v) is 2.72. The first-order valence-corrected chi connectivity index (χ1v) is 7.06. The SMILES string of the molecule is CCCC1CCN(C(=O)c2cc(F)c(N)c(F)c2)CC1. The zero-order chi connectivity index (χ0) is 14.7. The third-order valence-electron chi connectivity index (χ3n) is 3.92. The Morgan fingerprint density at radius 3 is 2.35 bits per heavy atom. The van der Waals surface area contributed by atoms with E-state index in [1.54, 1.807) is 4.90 Å². The van der Waals surface area contributed by atoms with Crippen molar-refractivity contribution in [2.45, 2.75) is 32.6 Å². The predicted molar refractivity (Wildman–Crippen MR) is 74.3 cm³/mol. The van der Waals surface area contributed by atoms with Crippen LogP contribution in [0.1, 0.15) is 43.0 Å². The number of carbonyl (C=O) groups is 1. The molecule has 0 radical (unpaired) electrons. The molecule has 1 aliphatic rings. The van der Waals surface area contributed by atoms with Crippen molar-refractivity contribution >= 4 is 11.6 Å². The van der Waals surface area contributed by atoms with E-state index in [1.807, 2.05) is 0 Å². The minimum Gasteiger partial charge on any atom is -0.394 e. The smallest absolute Gasteiger partial charge is 0.254 e. The van der Waals surface area contributed by atoms with Gasteiger partial charge < -0.3 is 10.6 Å². The van der Waals surface area contributed by atoms with Crippen molar-refractivity contribution in [3.63, 3.8) is 0 Å². The van der Waals surface area contributed by atoms with Gasteiger partial charge in [-0.2, -0.15) is 0 Å². The quantitative estimate of drug-likeness (QED) is 0.865. The topological polar surface area (TPSA) is 46.3 Å². The largest absolute Gasteiger partial charge is 0.394 e. The number of nitrogens with zero attached hydrogens (tertiary/aromatic N) is 1. The van der Waals surface area contributed by atoms with Crippen LogP contribution in [0.15, 0.2) is 12.1 Å². The summed E-state index contributed by atoms with van der Waals surface area (Å²) in [6.45, 7) is 3.45. The predicted octanol–water partition coefficient (Wildman–Crippen LogP) is 3.20. The van der Waals surface area contributed by atoms with E-state index in [4.69, 9.17) is 5.73 Å². The van der Waals surface area contributed by atoms with Gasteiger partial charge in [-0.15, -0.1) is 0 Å². The maximum absolute atomic E-state index is 13.4. The van der Waals surface area contributed by atoms with Crippen molar-refractivity contribution in [3.8, 4) is 0 Å². The van der Waals surface area contributed by atoms with Crippen LogP contribution in [0.5, 0.6) is 0 Å². The number of nitrogen functional groups attached to an aromatic ring is 1. The lowest BCUT2D eigenvalue weighted by Crippen LogP contribution is -2.38. The van der Waals surface area contributed by atoms with Crippen molar-refractivity contribution in [3.05, 3.63) is 29.3 Å². The minimum atomic E-state index is -0.880. The number of piperidine rings is 1. The van der Waals surface area contributed by atoms with E-state index in [2.05, 4.69) is 6.92 Å². The standard InChI is InChI=1S/C15H20F2N2O/c1-2-3-10-4-6-19(7-5-10)15(20)11-8-12(16)14(18)13(17)9-11/h8-10H,2-7,18H2,1H3. The number of nitrogens with two attached hydrogens (primary N) is 1. The third-order valence-corrected chi connectivity index (χ3v) is 3.92. The van der Waals surface area contributed by atoms with Crippen LogP contribution in [-0.4, -0.2) is 23.9 Å². The Balaban J connectivity index is 2.06. The summed E-state index contributed by atoms with van der Waals surface area (Å²) < 4.78 is 26.8. The Morgan fingerprint density at radius 1 is 1.30 bits per heavy atom. The van der Waals surface area contributed by atoms with Gasteiger partial charge in [-0.3, -0.25) is 4.79 Å². The molecule has 1 fully saturated rings. The first-order chi connectivity index (χ1) is 9.52. The number of hydrogen-bond donors (Lipinski definition) is 1. The van der Waals surface area contributed by atoms with E-state index in [0.29, 0.717) is 19.0 Å². The lowest BCUT2D eigenvalue weighted by molar-refractivity contribution is 0.0685. The highest BCUT2D eigenvalue weighted by molar-refractivity contribution is 5.94. The zero-order valence-electron chi connectivity index (χ0n) is 11.7. The number of benzene rings is 1. The number of halogens is 2. The monoisotopic (exact) mass is 282 g/mol. The minimum absolute atomic E-state index is 0.0307. The van der Waals surface area contributed by atoms with Crippen molar-refractivity contribution in [2.75, 3.05) is 18.8 Å². The van der Waals surface area contributed by atoms with Gasteiger partial charge in [-0.1, -0.05) is 19.8 Å². The highest BCUT2D eigenvalue weighted by atomic mass is 19.1. The molecule has 1 aliphatic heterocycles. The van der Waals surface area contributed by atoms with Gasteiger partial charge in [-0.25, -0.2) is 8.78 Å². The number of anilines is 1. The molecule has 2 N–H and O–H groups in total. The van der Waals surface area contributed by atoms with E-state index in [9.17, 15) is 13.6 Å². The second kappa shape index (κ2) is 6.20. The summed E-state index contributed by atoms with van der Waals surface area (Å²) in [4.78, 5) is 13.9. The molecule has 1 heterocycles. The van der Waals surface area contributed by atoms with E-state index < -0.39 is 17.3 Å². The molecule has 0 atom stereocenters. The molecule has 2 rings (SSSR count). The average Bonchev–Trinajstić information content (AvgIpc) is 2.44. The molecule has 0 saturated carbocycles. The summed E-state index contributed by atoms with van der Waals surface area (Å²) in [6, 6.07) is 2.03. The summed E-state index contributed by atoms with van der Waals surface area (Å²) in [5, 5.41) is 0. The fraction of sp³-hybridized carbons (Fsp3) is 0.533. The van der Waals surface area contributed by atoms with Gasteiger partial charge in [-0.05, 0) is 30.9 Å². The van der Waals surface area contributed by atoms with E-state index >= 15 is 0 Å². The van der Waals surface area contributed by atoms with Gasteiger partial charge in [0.1, 0.15) is 17.3 Å². The highest BCUT2D eigenvalue weighted by Crippen LogP contribution is 2.24. The normalized spacial score (nSPS) is 16.4. The molecule has 1 saturated heterocycles. The molecule has 0 bridgehead atoms.